The molecule has 0 fully saturated rings. The normalized spacial score (nSPS) is 12.5. The van der Waals surface area contributed by atoms with Crippen molar-refractivity contribution in [1.29, 1.82) is 0 Å². The van der Waals surface area contributed by atoms with E-state index in [4.69, 9.17) is 0 Å². The van der Waals surface area contributed by atoms with Crippen LogP contribution in [0.1, 0.15) is 25.5 Å². The molecule has 0 aliphatic heterocycles. The van der Waals surface area contributed by atoms with E-state index >= 15 is 0 Å². The molecule has 3 aromatic rings. The van der Waals surface area contributed by atoms with Crippen molar-refractivity contribution in [3.63, 3.8) is 0 Å². The molecule has 0 aliphatic rings. The van der Waals surface area contributed by atoms with Crippen LogP contribution in [0, 0.1) is 0 Å². The molecule has 0 spiro atoms. The molecule has 0 saturated heterocycles. The monoisotopic (exact) mass is 392 g/mol. The molecule has 2 aromatic carbocycles. The van der Waals surface area contributed by atoms with E-state index in [0.717, 1.165) is 4.68 Å². The summed E-state index contributed by atoms with van der Waals surface area (Å²) in [7, 11) is -3.36. The van der Waals surface area contributed by atoms with Crippen LogP contribution in [0.15, 0.2) is 66.9 Å². The lowest BCUT2D eigenvalue weighted by Gasteiger charge is -2.20. The van der Waals surface area contributed by atoms with Crippen molar-refractivity contribution in [2.75, 3.05) is 0 Å². The van der Waals surface area contributed by atoms with Crippen LogP contribution in [0.2, 0.25) is 0 Å². The first kappa shape index (κ1) is 19.4. The number of hydrogen-bond acceptors (Lipinski definition) is 2. The molecule has 0 atom stereocenters. The first-order valence-electron chi connectivity index (χ1n) is 8.58. The molecule has 3 rings (SSSR count). The number of benzene rings is 2. The summed E-state index contributed by atoms with van der Waals surface area (Å²) in [5, 5.41) is 5.64. The van der Waals surface area contributed by atoms with Crippen molar-refractivity contribution in [2.45, 2.75) is 32.5 Å². The van der Waals surface area contributed by atoms with Gasteiger partial charge in [0.2, 0.25) is 0 Å². The average molecular weight is 392 g/mol. The van der Waals surface area contributed by atoms with Crippen molar-refractivity contribution in [3.8, 4) is 0 Å². The first-order valence-corrected chi connectivity index (χ1v) is 10.3. The molecule has 0 radical (unpaired) electrons. The molecule has 0 saturated carbocycles. The van der Waals surface area contributed by atoms with E-state index in [1.54, 1.807) is 48.5 Å². The van der Waals surface area contributed by atoms with Gasteiger partial charge in [0.05, 0.1) is 11.0 Å². The number of alkyl halides is 3. The standard InChI is InChI=1S/C20H20F3N2OP/c1-15(2)19-18(13-25(24-19)14-20(21,22)23)27(26,16-9-5-3-6-10-16)17-11-7-4-8-12-17/h3-13,15H,14H2,1-2H3. The molecule has 0 bridgehead atoms. The van der Waals surface area contributed by atoms with Crippen LogP contribution in [0.4, 0.5) is 13.2 Å². The Bertz CT molecular complexity index is 907. The summed E-state index contributed by atoms with van der Waals surface area (Å²) in [6.07, 6.45) is -3.11. The second kappa shape index (κ2) is 7.35. The minimum Gasteiger partial charge on any atom is -0.309 e. The SMILES string of the molecule is CC(C)c1nn(CC(F)(F)F)cc1P(=O)(c1ccccc1)c1ccccc1. The molecule has 0 amide bonds. The van der Waals surface area contributed by atoms with Crippen LogP contribution in [-0.4, -0.2) is 16.0 Å². The first-order chi connectivity index (χ1) is 12.7. The molecule has 1 heterocycles. The lowest BCUT2D eigenvalue weighted by molar-refractivity contribution is -0.142. The largest absolute Gasteiger partial charge is 0.408 e. The Morgan fingerprint density at radius 2 is 1.44 bits per heavy atom. The van der Waals surface area contributed by atoms with Crippen molar-refractivity contribution in [1.82, 2.24) is 9.78 Å². The van der Waals surface area contributed by atoms with Gasteiger partial charge in [0.25, 0.3) is 0 Å². The summed E-state index contributed by atoms with van der Waals surface area (Å²) in [6, 6.07) is 17.7. The predicted molar refractivity (Wildman–Crippen MR) is 102 cm³/mol. The van der Waals surface area contributed by atoms with Crippen molar-refractivity contribution in [2.24, 2.45) is 0 Å². The van der Waals surface area contributed by atoms with Crippen LogP contribution in [-0.2, 0) is 11.1 Å². The molecule has 27 heavy (non-hydrogen) atoms. The molecule has 0 aliphatic carbocycles. The molecule has 3 nitrogen and oxygen atoms in total. The molecule has 0 N–H and O–H groups in total. The number of rotatable bonds is 5. The topological polar surface area (TPSA) is 34.9 Å². The van der Waals surface area contributed by atoms with Crippen LogP contribution in [0.25, 0.3) is 0 Å². The van der Waals surface area contributed by atoms with E-state index < -0.39 is 19.9 Å². The van der Waals surface area contributed by atoms with Crippen LogP contribution >= 0.6 is 7.14 Å². The van der Waals surface area contributed by atoms with E-state index in [2.05, 4.69) is 5.10 Å². The van der Waals surface area contributed by atoms with Crippen LogP contribution < -0.4 is 15.9 Å². The smallest absolute Gasteiger partial charge is 0.309 e. The van der Waals surface area contributed by atoms with Gasteiger partial charge in [-0.25, -0.2) is 0 Å². The van der Waals surface area contributed by atoms with E-state index in [1.807, 2.05) is 26.0 Å². The maximum Gasteiger partial charge on any atom is 0.408 e. The lowest BCUT2D eigenvalue weighted by Crippen LogP contribution is -2.27. The highest BCUT2D eigenvalue weighted by Gasteiger charge is 2.36. The lowest BCUT2D eigenvalue weighted by atomic mass is 10.1. The fraction of sp³-hybridized carbons (Fsp3) is 0.250. The molecule has 7 heteroatoms. The summed E-state index contributed by atoms with van der Waals surface area (Å²) in [5.41, 5.74) is 0.426. The number of nitrogens with zero attached hydrogens (tertiary/aromatic N) is 2. The Kier molecular flexibility index (Phi) is 5.29. The highest BCUT2D eigenvalue weighted by Crippen LogP contribution is 2.44. The van der Waals surface area contributed by atoms with Crippen molar-refractivity contribution < 1.29 is 17.7 Å². The third-order valence-electron chi connectivity index (χ3n) is 4.24. The van der Waals surface area contributed by atoms with Gasteiger partial charge in [-0.1, -0.05) is 74.5 Å². The minimum atomic E-state index is -4.40. The van der Waals surface area contributed by atoms with Gasteiger partial charge >= 0.3 is 6.18 Å². The zero-order valence-corrected chi connectivity index (χ0v) is 15.9. The van der Waals surface area contributed by atoms with Gasteiger partial charge in [0, 0.05) is 16.8 Å². The number of halogens is 3. The number of aromatic nitrogens is 2. The summed E-state index contributed by atoms with van der Waals surface area (Å²) < 4.78 is 53.9. The van der Waals surface area contributed by atoms with Gasteiger partial charge in [0.1, 0.15) is 6.54 Å². The Morgan fingerprint density at radius 3 is 1.85 bits per heavy atom. The molecular weight excluding hydrogens is 372 g/mol. The van der Waals surface area contributed by atoms with E-state index in [-0.39, 0.29) is 5.92 Å². The zero-order valence-electron chi connectivity index (χ0n) is 15.0. The number of hydrogen-bond donors (Lipinski definition) is 0. The predicted octanol–water partition coefficient (Wildman–Crippen LogP) is 4.21. The van der Waals surface area contributed by atoms with Crippen LogP contribution in [0.3, 0.4) is 0 Å². The molecule has 0 unspecified atom stereocenters. The van der Waals surface area contributed by atoms with Gasteiger partial charge in [-0.05, 0) is 5.92 Å². The Morgan fingerprint density at radius 1 is 0.963 bits per heavy atom. The average Bonchev–Trinajstić information content (AvgIpc) is 3.05. The highest BCUT2D eigenvalue weighted by molar-refractivity contribution is 7.85. The van der Waals surface area contributed by atoms with Crippen LogP contribution in [0.5, 0.6) is 0 Å². The van der Waals surface area contributed by atoms with Gasteiger partial charge in [-0.2, -0.15) is 18.3 Å². The minimum absolute atomic E-state index is 0.171. The fourth-order valence-corrected chi connectivity index (χ4v) is 6.01. The maximum absolute atomic E-state index is 14.4. The van der Waals surface area contributed by atoms with E-state index in [1.165, 1.54) is 6.20 Å². The van der Waals surface area contributed by atoms with Gasteiger partial charge in [-0.15, -0.1) is 0 Å². The maximum atomic E-state index is 14.4. The molecule has 142 valence electrons. The third-order valence-corrected chi connectivity index (χ3v) is 7.31. The Labute approximate surface area is 156 Å². The highest BCUT2D eigenvalue weighted by atomic mass is 31.2. The quantitative estimate of drug-likeness (QED) is 0.610. The summed E-state index contributed by atoms with van der Waals surface area (Å²) in [6.45, 7) is 2.46. The Hall–Kier alpha value is -2.33. The van der Waals surface area contributed by atoms with Gasteiger partial charge in [0.15, 0.2) is 7.14 Å². The van der Waals surface area contributed by atoms with E-state index in [9.17, 15) is 17.7 Å². The summed E-state index contributed by atoms with van der Waals surface area (Å²) >= 11 is 0. The zero-order chi connectivity index (χ0) is 19.7. The third kappa shape index (κ3) is 4.01. The van der Waals surface area contributed by atoms with E-state index in [0.29, 0.717) is 21.6 Å². The fourth-order valence-electron chi connectivity index (χ4n) is 3.05. The summed E-state index contributed by atoms with van der Waals surface area (Å²) in [5.74, 6) is -0.171. The second-order valence-electron chi connectivity index (χ2n) is 6.65. The summed E-state index contributed by atoms with van der Waals surface area (Å²) in [4.78, 5) is 0. The van der Waals surface area contributed by atoms with Gasteiger partial charge in [-0.3, -0.25) is 4.68 Å². The van der Waals surface area contributed by atoms with Crippen molar-refractivity contribution in [3.05, 3.63) is 72.6 Å². The van der Waals surface area contributed by atoms with Crippen molar-refractivity contribution >= 4 is 23.1 Å². The Balaban J connectivity index is 2.26. The van der Waals surface area contributed by atoms with Gasteiger partial charge < -0.3 is 4.57 Å². The molecule has 1 aromatic heterocycles. The molecular formula is C20H20F3N2OP. The second-order valence-corrected chi connectivity index (χ2v) is 9.38.